The van der Waals surface area contributed by atoms with Gasteiger partial charge in [0.05, 0.1) is 7.11 Å². The average molecular weight is 227 g/mol. The van der Waals surface area contributed by atoms with Gasteiger partial charge < -0.3 is 10.5 Å². The maximum Gasteiger partial charge on any atom is 0.111 e. The monoisotopic (exact) mass is 227 g/mol. The van der Waals surface area contributed by atoms with E-state index in [1.54, 1.807) is 13.2 Å². The molecule has 0 amide bonds. The molecule has 0 aliphatic heterocycles. The summed E-state index contributed by atoms with van der Waals surface area (Å²) in [4.78, 5) is 0. The molecule has 0 aliphatic rings. The van der Waals surface area contributed by atoms with Crippen molar-refractivity contribution in [3.8, 4) is 0 Å². The quantitative estimate of drug-likeness (QED) is 0.474. The Morgan fingerprint density at radius 3 is 2.35 bits per heavy atom. The molecule has 2 nitrogen and oxygen atoms in total. The van der Waals surface area contributed by atoms with Crippen LogP contribution in [0.4, 0.5) is 5.69 Å². The lowest BCUT2D eigenvalue weighted by atomic mass is 10.1. The van der Waals surface area contributed by atoms with Gasteiger partial charge in [-0.05, 0) is 29.3 Å². The number of nitrogen functional groups attached to an aromatic ring is 1. The molecule has 0 bridgehead atoms. The number of allylic oxidation sites excluding steroid dienone is 4. The van der Waals surface area contributed by atoms with Gasteiger partial charge in [-0.25, -0.2) is 0 Å². The van der Waals surface area contributed by atoms with Gasteiger partial charge in [0, 0.05) is 5.69 Å². The molecule has 2 N–H and O–H groups in total. The Morgan fingerprint density at radius 2 is 1.76 bits per heavy atom. The Balaban J connectivity index is 2.59. The molecular formula is C15H17NO. The van der Waals surface area contributed by atoms with Crippen molar-refractivity contribution < 1.29 is 4.74 Å². The summed E-state index contributed by atoms with van der Waals surface area (Å²) in [5, 5.41) is 0. The van der Waals surface area contributed by atoms with Crippen molar-refractivity contribution in [2.24, 2.45) is 0 Å². The van der Waals surface area contributed by atoms with Crippen molar-refractivity contribution in [3.63, 3.8) is 0 Å². The summed E-state index contributed by atoms with van der Waals surface area (Å²) in [6.45, 7) is 7.58. The lowest BCUT2D eigenvalue weighted by molar-refractivity contribution is 0.309. The van der Waals surface area contributed by atoms with Crippen LogP contribution in [-0.2, 0) is 4.74 Å². The predicted octanol–water partition coefficient (Wildman–Crippen LogP) is 3.55. The van der Waals surface area contributed by atoms with E-state index in [-0.39, 0.29) is 0 Å². The molecule has 0 saturated carbocycles. The molecule has 0 heterocycles. The fourth-order valence-corrected chi connectivity index (χ4v) is 1.13. The highest BCUT2D eigenvalue weighted by Gasteiger charge is 1.88. The molecule has 1 rings (SSSR count). The van der Waals surface area contributed by atoms with Crippen LogP contribution in [0.25, 0.3) is 6.08 Å². The minimum absolute atomic E-state index is 0.604. The maximum atomic E-state index is 5.60. The summed E-state index contributed by atoms with van der Waals surface area (Å²) in [5.41, 5.74) is 8.32. The van der Waals surface area contributed by atoms with Crippen molar-refractivity contribution >= 4 is 11.8 Å². The van der Waals surface area contributed by atoms with E-state index in [0.29, 0.717) is 5.76 Å². The number of ether oxygens (including phenoxy) is 1. The standard InChI is InChI=1S/C15H17NO/c1-12(4-6-13(2)17-3)5-7-14-8-10-15(16)11-9-14/h4-11H,1-2,16H2,3H3/b6-4-,7-5+. The molecule has 2 heteroatoms. The van der Waals surface area contributed by atoms with Crippen molar-refractivity contribution in [1.29, 1.82) is 0 Å². The Bertz CT molecular complexity index is 452. The summed E-state index contributed by atoms with van der Waals surface area (Å²) < 4.78 is 4.92. The minimum atomic E-state index is 0.604. The van der Waals surface area contributed by atoms with Crippen LogP contribution in [0, 0.1) is 0 Å². The number of benzene rings is 1. The van der Waals surface area contributed by atoms with E-state index < -0.39 is 0 Å². The number of methoxy groups -OCH3 is 1. The van der Waals surface area contributed by atoms with Crippen LogP contribution in [0.15, 0.2) is 67.0 Å². The molecule has 0 spiro atoms. The van der Waals surface area contributed by atoms with Crippen molar-refractivity contribution in [2.45, 2.75) is 0 Å². The van der Waals surface area contributed by atoms with Crippen LogP contribution in [-0.4, -0.2) is 7.11 Å². The van der Waals surface area contributed by atoms with E-state index in [0.717, 1.165) is 16.8 Å². The van der Waals surface area contributed by atoms with E-state index in [2.05, 4.69) is 13.2 Å². The number of hydrogen-bond acceptors (Lipinski definition) is 2. The lowest BCUT2D eigenvalue weighted by Crippen LogP contribution is -1.82. The molecular weight excluding hydrogens is 210 g/mol. The highest BCUT2D eigenvalue weighted by atomic mass is 16.5. The first kappa shape index (κ1) is 12.8. The second-order valence-corrected chi connectivity index (χ2v) is 3.58. The van der Waals surface area contributed by atoms with E-state index in [1.165, 1.54) is 0 Å². The Hall–Kier alpha value is -2.22. The molecule has 0 fully saturated rings. The second-order valence-electron chi connectivity index (χ2n) is 3.58. The average Bonchev–Trinajstić information content (AvgIpc) is 2.35. The summed E-state index contributed by atoms with van der Waals surface area (Å²) in [6, 6.07) is 7.64. The van der Waals surface area contributed by atoms with Crippen molar-refractivity contribution in [2.75, 3.05) is 12.8 Å². The normalized spacial score (nSPS) is 10.9. The zero-order valence-corrected chi connectivity index (χ0v) is 10.0. The lowest BCUT2D eigenvalue weighted by Gasteiger charge is -1.96. The Kier molecular flexibility index (Phi) is 4.82. The largest absolute Gasteiger partial charge is 0.497 e. The number of anilines is 1. The summed E-state index contributed by atoms with van der Waals surface area (Å²) in [5.74, 6) is 0.604. The van der Waals surface area contributed by atoms with Gasteiger partial charge in [-0.15, -0.1) is 0 Å². The van der Waals surface area contributed by atoms with Gasteiger partial charge in [-0.1, -0.05) is 43.5 Å². The van der Waals surface area contributed by atoms with Gasteiger partial charge in [-0.3, -0.25) is 0 Å². The molecule has 0 aliphatic carbocycles. The molecule has 0 atom stereocenters. The number of rotatable bonds is 5. The van der Waals surface area contributed by atoms with E-state index in [1.807, 2.05) is 42.5 Å². The van der Waals surface area contributed by atoms with Crippen LogP contribution in [0.5, 0.6) is 0 Å². The second kappa shape index (κ2) is 6.38. The van der Waals surface area contributed by atoms with Crippen LogP contribution in [0.1, 0.15) is 5.56 Å². The van der Waals surface area contributed by atoms with Gasteiger partial charge in [0.1, 0.15) is 5.76 Å². The van der Waals surface area contributed by atoms with Crippen molar-refractivity contribution in [3.05, 3.63) is 72.5 Å². The zero-order chi connectivity index (χ0) is 12.7. The fraction of sp³-hybridized carbons (Fsp3) is 0.0667. The van der Waals surface area contributed by atoms with Gasteiger partial charge in [-0.2, -0.15) is 0 Å². The van der Waals surface area contributed by atoms with Gasteiger partial charge >= 0.3 is 0 Å². The van der Waals surface area contributed by atoms with Crippen LogP contribution in [0.3, 0.4) is 0 Å². The summed E-state index contributed by atoms with van der Waals surface area (Å²) in [6.07, 6.45) is 7.52. The molecule has 88 valence electrons. The first-order valence-electron chi connectivity index (χ1n) is 5.25. The Labute approximate surface area is 102 Å². The summed E-state index contributed by atoms with van der Waals surface area (Å²) >= 11 is 0. The third-order valence-corrected chi connectivity index (χ3v) is 2.17. The number of hydrogen-bond donors (Lipinski definition) is 1. The smallest absolute Gasteiger partial charge is 0.111 e. The topological polar surface area (TPSA) is 35.2 Å². The third kappa shape index (κ3) is 4.89. The highest BCUT2D eigenvalue weighted by molar-refractivity contribution is 5.56. The van der Waals surface area contributed by atoms with E-state index in [9.17, 15) is 0 Å². The van der Waals surface area contributed by atoms with Gasteiger partial charge in [0.15, 0.2) is 0 Å². The fourth-order valence-electron chi connectivity index (χ4n) is 1.13. The molecule has 17 heavy (non-hydrogen) atoms. The van der Waals surface area contributed by atoms with Crippen LogP contribution >= 0.6 is 0 Å². The number of nitrogens with two attached hydrogens (primary N) is 1. The van der Waals surface area contributed by atoms with Gasteiger partial charge in [0.25, 0.3) is 0 Å². The Morgan fingerprint density at radius 1 is 1.12 bits per heavy atom. The van der Waals surface area contributed by atoms with Crippen molar-refractivity contribution in [1.82, 2.24) is 0 Å². The summed E-state index contributed by atoms with van der Waals surface area (Å²) in [7, 11) is 1.58. The molecule has 1 aromatic rings. The first-order chi connectivity index (χ1) is 8.11. The molecule has 1 aromatic carbocycles. The predicted molar refractivity (Wildman–Crippen MR) is 74.3 cm³/mol. The highest BCUT2D eigenvalue weighted by Crippen LogP contribution is 2.09. The zero-order valence-electron chi connectivity index (χ0n) is 10.0. The van der Waals surface area contributed by atoms with E-state index >= 15 is 0 Å². The first-order valence-corrected chi connectivity index (χ1v) is 5.25. The molecule has 0 saturated heterocycles. The molecule has 0 radical (unpaired) electrons. The van der Waals surface area contributed by atoms with E-state index in [4.69, 9.17) is 10.5 Å². The van der Waals surface area contributed by atoms with Crippen LogP contribution < -0.4 is 5.73 Å². The third-order valence-electron chi connectivity index (χ3n) is 2.17. The maximum absolute atomic E-state index is 5.60. The molecule has 0 unspecified atom stereocenters. The minimum Gasteiger partial charge on any atom is -0.497 e. The molecule has 0 aromatic heterocycles. The SMILES string of the molecule is C=C(/C=C\C(=C)OC)/C=C/c1ccc(N)cc1. The van der Waals surface area contributed by atoms with Crippen LogP contribution in [0.2, 0.25) is 0 Å². The van der Waals surface area contributed by atoms with Gasteiger partial charge in [0.2, 0.25) is 0 Å².